The zero-order valence-electron chi connectivity index (χ0n) is 10.6. The van der Waals surface area contributed by atoms with Gasteiger partial charge in [-0.25, -0.2) is 14.4 Å². The van der Waals surface area contributed by atoms with Gasteiger partial charge in [0.25, 0.3) is 5.56 Å². The van der Waals surface area contributed by atoms with Gasteiger partial charge in [0.2, 0.25) is 0 Å². The first kappa shape index (κ1) is 13.2. The molecule has 0 amide bonds. The summed E-state index contributed by atoms with van der Waals surface area (Å²) in [5, 5.41) is 0.306. The minimum absolute atomic E-state index is 0.183. The number of fused-ring (bicyclic) bond motifs is 1. The molecule has 4 nitrogen and oxygen atoms in total. The van der Waals surface area contributed by atoms with Crippen molar-refractivity contribution in [1.29, 1.82) is 0 Å². The van der Waals surface area contributed by atoms with Crippen molar-refractivity contribution in [2.24, 2.45) is 0 Å². The van der Waals surface area contributed by atoms with E-state index in [1.54, 1.807) is 19.9 Å². The van der Waals surface area contributed by atoms with E-state index in [2.05, 4.69) is 15.0 Å². The molecule has 0 aliphatic heterocycles. The van der Waals surface area contributed by atoms with Gasteiger partial charge in [0.1, 0.15) is 10.7 Å². The highest BCUT2D eigenvalue weighted by atomic mass is 35.5. The zero-order valence-corrected chi connectivity index (χ0v) is 12.2. The molecule has 20 heavy (non-hydrogen) atoms. The Morgan fingerprint density at radius 1 is 1.40 bits per heavy atom. The Bertz CT molecular complexity index is 887. The standard InChI is InChI=1S/C13H9ClFN3OS/c1-5-8-12(19)17-6(2)18-13(8)20-10(5)7-3-4-16-11(14)9(7)15/h3-4H,1-2H3,(H,17,18,19). The van der Waals surface area contributed by atoms with Crippen LogP contribution in [0.1, 0.15) is 11.4 Å². The Morgan fingerprint density at radius 2 is 2.15 bits per heavy atom. The normalized spacial score (nSPS) is 11.2. The highest BCUT2D eigenvalue weighted by Crippen LogP contribution is 2.37. The number of nitrogens with zero attached hydrogens (tertiary/aromatic N) is 2. The molecule has 102 valence electrons. The van der Waals surface area contributed by atoms with Gasteiger partial charge in [0.15, 0.2) is 11.0 Å². The number of H-pyrrole nitrogens is 1. The van der Waals surface area contributed by atoms with E-state index in [4.69, 9.17) is 11.6 Å². The topological polar surface area (TPSA) is 58.6 Å². The van der Waals surface area contributed by atoms with Crippen LogP contribution in [0.2, 0.25) is 5.15 Å². The molecule has 7 heteroatoms. The molecule has 1 N–H and O–H groups in total. The molecule has 0 radical (unpaired) electrons. The van der Waals surface area contributed by atoms with Crippen LogP contribution >= 0.6 is 22.9 Å². The van der Waals surface area contributed by atoms with Crippen molar-refractivity contribution in [1.82, 2.24) is 15.0 Å². The predicted molar refractivity (Wildman–Crippen MR) is 77.9 cm³/mol. The summed E-state index contributed by atoms with van der Waals surface area (Å²) in [5.74, 6) is -0.0551. The molecule has 0 saturated carbocycles. The summed E-state index contributed by atoms with van der Waals surface area (Å²) in [6.07, 6.45) is 1.44. The fraction of sp³-hybridized carbons (Fsp3) is 0.154. The van der Waals surface area contributed by atoms with Gasteiger partial charge in [0, 0.05) is 16.6 Å². The molecular weight excluding hydrogens is 301 g/mol. The summed E-state index contributed by atoms with van der Waals surface area (Å²) in [6.45, 7) is 3.48. The van der Waals surface area contributed by atoms with Crippen LogP contribution in [0.15, 0.2) is 17.1 Å². The number of nitrogens with one attached hydrogen (secondary N) is 1. The summed E-state index contributed by atoms with van der Waals surface area (Å²) >= 11 is 6.98. The molecule has 0 aromatic carbocycles. The zero-order chi connectivity index (χ0) is 14.4. The van der Waals surface area contributed by atoms with Crippen LogP contribution < -0.4 is 5.56 Å². The minimum atomic E-state index is -0.586. The first-order valence-electron chi connectivity index (χ1n) is 5.79. The average Bonchev–Trinajstić information content (AvgIpc) is 2.70. The molecule has 0 saturated heterocycles. The van der Waals surface area contributed by atoms with Crippen LogP contribution in [0.5, 0.6) is 0 Å². The molecule has 3 heterocycles. The van der Waals surface area contributed by atoms with Crippen LogP contribution in [0.3, 0.4) is 0 Å². The fourth-order valence-corrected chi connectivity index (χ4v) is 3.51. The molecule has 3 aromatic heterocycles. The van der Waals surface area contributed by atoms with Gasteiger partial charge in [0.05, 0.1) is 5.39 Å². The highest BCUT2D eigenvalue weighted by molar-refractivity contribution is 7.22. The van der Waals surface area contributed by atoms with E-state index < -0.39 is 5.82 Å². The van der Waals surface area contributed by atoms with Crippen LogP contribution in [-0.2, 0) is 0 Å². The first-order valence-corrected chi connectivity index (χ1v) is 6.99. The number of hydrogen-bond acceptors (Lipinski definition) is 4. The molecule has 0 fully saturated rings. The molecule has 0 bridgehead atoms. The molecule has 0 aliphatic rings. The number of halogens is 2. The Morgan fingerprint density at radius 3 is 2.90 bits per heavy atom. The SMILES string of the molecule is Cc1nc2sc(-c3ccnc(Cl)c3F)c(C)c2c(=O)[nH]1. The van der Waals surface area contributed by atoms with Gasteiger partial charge in [-0.05, 0) is 25.5 Å². The lowest BCUT2D eigenvalue weighted by molar-refractivity contribution is 0.626. The molecule has 3 rings (SSSR count). The van der Waals surface area contributed by atoms with E-state index in [0.717, 1.165) is 0 Å². The van der Waals surface area contributed by atoms with E-state index in [9.17, 15) is 9.18 Å². The van der Waals surface area contributed by atoms with Crippen molar-refractivity contribution in [3.63, 3.8) is 0 Å². The summed E-state index contributed by atoms with van der Waals surface area (Å²) in [6, 6.07) is 1.54. The molecule has 3 aromatic rings. The molecule has 0 spiro atoms. The van der Waals surface area contributed by atoms with E-state index in [1.165, 1.54) is 17.5 Å². The van der Waals surface area contributed by atoms with Gasteiger partial charge >= 0.3 is 0 Å². The Kier molecular flexibility index (Phi) is 3.07. The summed E-state index contributed by atoms with van der Waals surface area (Å²) in [7, 11) is 0. The third-order valence-electron chi connectivity index (χ3n) is 3.01. The highest BCUT2D eigenvalue weighted by Gasteiger charge is 2.18. The average molecular weight is 310 g/mol. The van der Waals surface area contributed by atoms with E-state index >= 15 is 0 Å². The number of pyridine rings is 1. The second-order valence-corrected chi connectivity index (χ2v) is 5.71. The predicted octanol–water partition coefficient (Wildman–Crippen LogP) is 3.46. The number of rotatable bonds is 1. The van der Waals surface area contributed by atoms with Gasteiger partial charge in [-0.2, -0.15) is 0 Å². The molecular formula is C13H9ClFN3OS. The second-order valence-electron chi connectivity index (χ2n) is 4.35. The lowest BCUT2D eigenvalue weighted by atomic mass is 10.1. The number of aromatic amines is 1. The smallest absolute Gasteiger partial charge is 0.259 e. The minimum Gasteiger partial charge on any atom is -0.310 e. The maximum absolute atomic E-state index is 14.1. The molecule has 0 unspecified atom stereocenters. The maximum atomic E-state index is 14.1. The quantitative estimate of drug-likeness (QED) is 0.700. The van der Waals surface area contributed by atoms with Crippen molar-refractivity contribution in [2.45, 2.75) is 13.8 Å². The van der Waals surface area contributed by atoms with E-state index in [0.29, 0.717) is 32.0 Å². The fourth-order valence-electron chi connectivity index (χ4n) is 2.10. The van der Waals surface area contributed by atoms with Crippen LogP contribution in [0, 0.1) is 19.7 Å². The third kappa shape index (κ3) is 1.92. The Balaban J connectivity index is 2.38. The largest absolute Gasteiger partial charge is 0.310 e. The molecule has 0 atom stereocenters. The third-order valence-corrected chi connectivity index (χ3v) is 4.49. The van der Waals surface area contributed by atoms with Crippen LogP contribution in [-0.4, -0.2) is 15.0 Å². The number of aromatic nitrogens is 3. The monoisotopic (exact) mass is 309 g/mol. The number of aryl methyl sites for hydroxylation is 2. The van der Waals surface area contributed by atoms with Gasteiger partial charge in [-0.15, -0.1) is 11.3 Å². The Hall–Kier alpha value is -1.79. The summed E-state index contributed by atoms with van der Waals surface area (Å²) in [4.78, 5) is 23.9. The van der Waals surface area contributed by atoms with Crippen molar-refractivity contribution < 1.29 is 4.39 Å². The maximum Gasteiger partial charge on any atom is 0.259 e. The lowest BCUT2D eigenvalue weighted by Gasteiger charge is -2.02. The Labute approximate surface area is 122 Å². The lowest BCUT2D eigenvalue weighted by Crippen LogP contribution is -2.08. The van der Waals surface area contributed by atoms with Gasteiger partial charge in [-0.3, -0.25) is 4.79 Å². The van der Waals surface area contributed by atoms with Crippen molar-refractivity contribution in [3.8, 4) is 10.4 Å². The van der Waals surface area contributed by atoms with Crippen molar-refractivity contribution in [2.75, 3.05) is 0 Å². The van der Waals surface area contributed by atoms with Crippen LogP contribution in [0.25, 0.3) is 20.7 Å². The molecule has 0 aliphatic carbocycles. The summed E-state index contributed by atoms with van der Waals surface area (Å²) in [5.41, 5.74) is 0.815. The van der Waals surface area contributed by atoms with E-state index in [1.807, 2.05) is 0 Å². The summed E-state index contributed by atoms with van der Waals surface area (Å²) < 4.78 is 14.1. The first-order chi connectivity index (χ1) is 9.49. The number of thiophene rings is 1. The van der Waals surface area contributed by atoms with E-state index in [-0.39, 0.29) is 10.7 Å². The number of hydrogen-bond donors (Lipinski definition) is 1. The second kappa shape index (κ2) is 4.64. The van der Waals surface area contributed by atoms with Crippen molar-refractivity contribution >= 4 is 33.2 Å². The van der Waals surface area contributed by atoms with Crippen LogP contribution in [0.4, 0.5) is 4.39 Å². The van der Waals surface area contributed by atoms with Gasteiger partial charge in [-0.1, -0.05) is 11.6 Å². The van der Waals surface area contributed by atoms with Crippen molar-refractivity contribution in [3.05, 3.63) is 45.0 Å². The van der Waals surface area contributed by atoms with Gasteiger partial charge < -0.3 is 4.98 Å².